The minimum atomic E-state index is 1.10. The molecule has 0 aliphatic heterocycles. The monoisotopic (exact) mass is 673 g/mol. The normalized spacial score (nSPS) is 11.4. The van der Waals surface area contributed by atoms with Crippen LogP contribution in [0.1, 0.15) is 0 Å². The molecule has 0 aromatic heterocycles. The summed E-state index contributed by atoms with van der Waals surface area (Å²) >= 11 is 0. The van der Waals surface area contributed by atoms with Crippen LogP contribution >= 0.6 is 0 Å². The lowest BCUT2D eigenvalue weighted by Crippen LogP contribution is -2.10. The summed E-state index contributed by atoms with van der Waals surface area (Å²) in [6, 6.07) is 77.2. The third kappa shape index (κ3) is 5.42. The molecule has 0 radical (unpaired) electrons. The number of hydrogen-bond acceptors (Lipinski definition) is 1. The maximum absolute atomic E-state index is 2.39. The van der Waals surface area contributed by atoms with Gasteiger partial charge in [0.05, 0.1) is 0 Å². The van der Waals surface area contributed by atoms with E-state index < -0.39 is 0 Å². The summed E-state index contributed by atoms with van der Waals surface area (Å²) in [5.74, 6) is 0. The molecule has 10 rings (SSSR count). The molecule has 0 saturated carbocycles. The van der Waals surface area contributed by atoms with Gasteiger partial charge in [-0.15, -0.1) is 0 Å². The average molecular weight is 674 g/mol. The van der Waals surface area contributed by atoms with Gasteiger partial charge >= 0.3 is 0 Å². The van der Waals surface area contributed by atoms with Crippen molar-refractivity contribution < 1.29 is 0 Å². The third-order valence-electron chi connectivity index (χ3n) is 10.6. The molecule has 0 heterocycles. The van der Waals surface area contributed by atoms with Crippen molar-refractivity contribution in [2.45, 2.75) is 0 Å². The van der Waals surface area contributed by atoms with Crippen molar-refractivity contribution in [1.29, 1.82) is 0 Å². The summed E-state index contributed by atoms with van der Waals surface area (Å²) in [5, 5.41) is 10.1. The molecule has 53 heavy (non-hydrogen) atoms. The number of para-hydroxylation sites is 1. The lowest BCUT2D eigenvalue weighted by Gasteiger charge is -2.27. The van der Waals surface area contributed by atoms with Gasteiger partial charge in [0.15, 0.2) is 0 Å². The topological polar surface area (TPSA) is 3.24 Å². The fourth-order valence-corrected chi connectivity index (χ4v) is 8.15. The van der Waals surface area contributed by atoms with Gasteiger partial charge in [-0.1, -0.05) is 164 Å². The minimum absolute atomic E-state index is 1.10. The van der Waals surface area contributed by atoms with Gasteiger partial charge in [-0.3, -0.25) is 0 Å². The van der Waals surface area contributed by atoms with E-state index in [4.69, 9.17) is 0 Å². The SMILES string of the molecule is c1ccc(-c2ccc(N(c3ccccc3)c3ccc(-c4cc5ccccc5c5ccccc45)cc3)cc2-c2cc3ccccc3c3ccccc23)cc1. The van der Waals surface area contributed by atoms with Gasteiger partial charge in [-0.25, -0.2) is 0 Å². The molecule has 10 aromatic carbocycles. The molecule has 0 bridgehead atoms. The molecule has 0 saturated heterocycles. The number of nitrogens with zero attached hydrogens (tertiary/aromatic N) is 1. The molecule has 0 atom stereocenters. The molecule has 0 unspecified atom stereocenters. The van der Waals surface area contributed by atoms with Gasteiger partial charge in [-0.2, -0.15) is 0 Å². The average Bonchev–Trinajstić information content (AvgIpc) is 3.24. The fourth-order valence-electron chi connectivity index (χ4n) is 8.15. The first-order valence-electron chi connectivity index (χ1n) is 18.3. The second-order valence-electron chi connectivity index (χ2n) is 13.7. The van der Waals surface area contributed by atoms with E-state index in [1.165, 1.54) is 76.5 Å². The van der Waals surface area contributed by atoms with Crippen LogP contribution in [0.3, 0.4) is 0 Å². The van der Waals surface area contributed by atoms with Crippen LogP contribution < -0.4 is 4.90 Å². The number of benzene rings is 10. The highest BCUT2D eigenvalue weighted by atomic mass is 15.1. The van der Waals surface area contributed by atoms with Crippen LogP contribution in [0.5, 0.6) is 0 Å². The van der Waals surface area contributed by atoms with E-state index in [1.807, 2.05) is 0 Å². The Morgan fingerprint density at radius 3 is 1.28 bits per heavy atom. The van der Waals surface area contributed by atoms with E-state index in [-0.39, 0.29) is 0 Å². The van der Waals surface area contributed by atoms with Crippen LogP contribution in [0.4, 0.5) is 17.1 Å². The lowest BCUT2D eigenvalue weighted by atomic mass is 9.88. The van der Waals surface area contributed by atoms with Crippen molar-refractivity contribution >= 4 is 60.2 Å². The highest BCUT2D eigenvalue weighted by Gasteiger charge is 2.19. The molecular weight excluding hydrogens is 639 g/mol. The third-order valence-corrected chi connectivity index (χ3v) is 10.6. The molecule has 0 amide bonds. The molecule has 10 aromatic rings. The Hall–Kier alpha value is -6.96. The van der Waals surface area contributed by atoms with Gasteiger partial charge in [0.1, 0.15) is 0 Å². The summed E-state index contributed by atoms with van der Waals surface area (Å²) in [6.07, 6.45) is 0. The van der Waals surface area contributed by atoms with Crippen molar-refractivity contribution in [2.24, 2.45) is 0 Å². The van der Waals surface area contributed by atoms with Gasteiger partial charge in [0, 0.05) is 17.1 Å². The summed E-state index contributed by atoms with van der Waals surface area (Å²) < 4.78 is 0. The Kier molecular flexibility index (Phi) is 7.55. The predicted octanol–water partition coefficient (Wildman–Crippen LogP) is 14.8. The highest BCUT2D eigenvalue weighted by molar-refractivity contribution is 6.16. The van der Waals surface area contributed by atoms with Crippen molar-refractivity contribution in [1.82, 2.24) is 0 Å². The molecule has 0 spiro atoms. The van der Waals surface area contributed by atoms with Gasteiger partial charge in [-0.05, 0) is 125 Å². The standard InChI is InChI=1S/C52H35N/c1-3-15-36(16-4-1)45-32-31-42(35-52(45)51-34-39-18-8-10-22-44(39)47-24-12-14-26-49(47)51)53(40-19-5-2-6-20-40)41-29-27-37(28-30-41)50-33-38-17-7-9-21-43(38)46-23-11-13-25-48(46)50/h1-35H. The van der Waals surface area contributed by atoms with Gasteiger partial charge in [0.25, 0.3) is 0 Å². The van der Waals surface area contributed by atoms with Crippen LogP contribution in [0, 0.1) is 0 Å². The maximum Gasteiger partial charge on any atom is 0.0468 e. The van der Waals surface area contributed by atoms with Crippen LogP contribution in [0.15, 0.2) is 212 Å². The summed E-state index contributed by atoms with van der Waals surface area (Å²) in [7, 11) is 0. The van der Waals surface area contributed by atoms with Gasteiger partial charge in [0.2, 0.25) is 0 Å². The Morgan fingerprint density at radius 2 is 0.660 bits per heavy atom. The van der Waals surface area contributed by atoms with Crippen molar-refractivity contribution in [2.75, 3.05) is 4.90 Å². The zero-order chi connectivity index (χ0) is 35.1. The first-order chi connectivity index (χ1) is 26.3. The van der Waals surface area contributed by atoms with E-state index in [2.05, 4.69) is 217 Å². The summed E-state index contributed by atoms with van der Waals surface area (Å²) in [6.45, 7) is 0. The number of rotatable bonds is 6. The quantitative estimate of drug-likeness (QED) is 0.159. The van der Waals surface area contributed by atoms with E-state index in [1.54, 1.807) is 0 Å². The van der Waals surface area contributed by atoms with E-state index in [0.717, 1.165) is 17.1 Å². The summed E-state index contributed by atoms with van der Waals surface area (Å²) in [4.78, 5) is 2.38. The Morgan fingerprint density at radius 1 is 0.226 bits per heavy atom. The fraction of sp³-hybridized carbons (Fsp3) is 0. The zero-order valence-electron chi connectivity index (χ0n) is 29.2. The predicted molar refractivity (Wildman–Crippen MR) is 227 cm³/mol. The molecule has 0 N–H and O–H groups in total. The van der Waals surface area contributed by atoms with Crippen molar-refractivity contribution in [3.63, 3.8) is 0 Å². The van der Waals surface area contributed by atoms with E-state index in [0.29, 0.717) is 0 Å². The van der Waals surface area contributed by atoms with Crippen LogP contribution in [0.2, 0.25) is 0 Å². The summed E-state index contributed by atoms with van der Waals surface area (Å²) in [5.41, 5.74) is 10.6. The second-order valence-corrected chi connectivity index (χ2v) is 13.7. The second kappa shape index (κ2) is 13.0. The molecule has 1 heteroatoms. The smallest absolute Gasteiger partial charge is 0.0468 e. The Bertz CT molecular complexity index is 2930. The molecule has 0 aliphatic rings. The molecule has 248 valence electrons. The van der Waals surface area contributed by atoms with Crippen LogP contribution in [-0.4, -0.2) is 0 Å². The highest BCUT2D eigenvalue weighted by Crippen LogP contribution is 2.44. The molecule has 0 fully saturated rings. The van der Waals surface area contributed by atoms with Gasteiger partial charge < -0.3 is 4.90 Å². The number of fused-ring (bicyclic) bond motifs is 6. The van der Waals surface area contributed by atoms with E-state index in [9.17, 15) is 0 Å². The molecule has 0 aliphatic carbocycles. The first-order valence-corrected chi connectivity index (χ1v) is 18.3. The van der Waals surface area contributed by atoms with Crippen LogP contribution in [0.25, 0.3) is 76.5 Å². The number of anilines is 3. The minimum Gasteiger partial charge on any atom is -0.310 e. The molecular formula is C52H35N. The first kappa shape index (κ1) is 30.8. The van der Waals surface area contributed by atoms with Crippen LogP contribution in [-0.2, 0) is 0 Å². The largest absolute Gasteiger partial charge is 0.310 e. The van der Waals surface area contributed by atoms with E-state index >= 15 is 0 Å². The lowest BCUT2D eigenvalue weighted by molar-refractivity contribution is 1.28. The molecule has 1 nitrogen and oxygen atoms in total. The zero-order valence-corrected chi connectivity index (χ0v) is 29.2. The Labute approximate surface area is 309 Å². The maximum atomic E-state index is 2.39. The van der Waals surface area contributed by atoms with Crippen molar-refractivity contribution in [3.8, 4) is 33.4 Å². The Balaban J connectivity index is 1.17. The van der Waals surface area contributed by atoms with Crippen molar-refractivity contribution in [3.05, 3.63) is 212 Å². The number of hydrogen-bond donors (Lipinski definition) is 0.